The molecule has 0 aliphatic rings. The molecule has 1 aromatic carbocycles. The minimum Gasteiger partial charge on any atom is -0.494 e. The van der Waals surface area contributed by atoms with Gasteiger partial charge in [0.15, 0.2) is 11.9 Å². The first-order valence-corrected chi connectivity index (χ1v) is 8.82. The quantitative estimate of drug-likeness (QED) is 0.572. The van der Waals surface area contributed by atoms with E-state index in [0.29, 0.717) is 27.9 Å². The number of hydrogen-bond acceptors (Lipinski definition) is 6. The number of ether oxygens (including phenoxy) is 2. The van der Waals surface area contributed by atoms with Crippen molar-refractivity contribution in [2.45, 2.75) is 26.9 Å². The van der Waals surface area contributed by atoms with Crippen LogP contribution in [0, 0.1) is 0 Å². The van der Waals surface area contributed by atoms with Gasteiger partial charge in [0.05, 0.1) is 16.4 Å². The number of Topliss-reactive ketones (excluding diaryl/α,β-unsaturated/α-hetero) is 1. The molecule has 138 valence electrons. The lowest BCUT2D eigenvalue weighted by Gasteiger charge is -2.15. The highest BCUT2D eigenvalue weighted by molar-refractivity contribution is 7.15. The molecule has 2 rings (SSSR count). The third-order valence-electron chi connectivity index (χ3n) is 3.29. The number of hydrogen-bond donors (Lipinski definition) is 2. The van der Waals surface area contributed by atoms with Crippen LogP contribution in [-0.4, -0.2) is 30.3 Å². The van der Waals surface area contributed by atoms with E-state index >= 15 is 0 Å². The summed E-state index contributed by atoms with van der Waals surface area (Å²) in [7, 11) is 0. The summed E-state index contributed by atoms with van der Waals surface area (Å²) in [5, 5.41) is 0. The maximum absolute atomic E-state index is 12.0. The van der Waals surface area contributed by atoms with Gasteiger partial charge in [-0.1, -0.05) is 0 Å². The maximum Gasteiger partial charge on any atom is 0.279 e. The number of amides is 2. The third-order valence-corrected chi connectivity index (χ3v) is 4.48. The molecule has 26 heavy (non-hydrogen) atoms. The fourth-order valence-corrected chi connectivity index (χ4v) is 2.77. The number of carbonyl (C=O) groups is 3. The molecule has 1 atom stereocenters. The van der Waals surface area contributed by atoms with Crippen molar-refractivity contribution >= 4 is 28.9 Å². The van der Waals surface area contributed by atoms with Crippen LogP contribution in [0.1, 0.15) is 40.1 Å². The normalized spacial score (nSPS) is 11.3. The van der Waals surface area contributed by atoms with Crippen molar-refractivity contribution in [2.75, 3.05) is 6.61 Å². The molecular formula is C18H20N2O5S. The van der Waals surface area contributed by atoms with Crippen molar-refractivity contribution in [3.63, 3.8) is 0 Å². The van der Waals surface area contributed by atoms with Gasteiger partial charge in [0, 0.05) is 0 Å². The van der Waals surface area contributed by atoms with Gasteiger partial charge in [0.25, 0.3) is 11.8 Å². The van der Waals surface area contributed by atoms with E-state index in [2.05, 4.69) is 10.9 Å². The maximum atomic E-state index is 12.0. The van der Waals surface area contributed by atoms with E-state index in [9.17, 15) is 14.4 Å². The van der Waals surface area contributed by atoms with Crippen LogP contribution in [0.4, 0.5) is 0 Å². The molecule has 0 saturated carbocycles. The number of rotatable bonds is 7. The van der Waals surface area contributed by atoms with E-state index in [-0.39, 0.29) is 5.78 Å². The molecule has 8 heteroatoms. The smallest absolute Gasteiger partial charge is 0.279 e. The zero-order valence-corrected chi connectivity index (χ0v) is 15.5. The molecule has 1 heterocycles. The van der Waals surface area contributed by atoms with E-state index in [1.807, 2.05) is 6.92 Å². The van der Waals surface area contributed by atoms with Gasteiger partial charge in [-0.05, 0) is 57.2 Å². The van der Waals surface area contributed by atoms with E-state index < -0.39 is 17.9 Å². The average molecular weight is 376 g/mol. The molecule has 0 aliphatic heterocycles. The summed E-state index contributed by atoms with van der Waals surface area (Å²) in [6.07, 6.45) is -0.815. The second kappa shape index (κ2) is 9.00. The number of hydrazine groups is 1. The summed E-state index contributed by atoms with van der Waals surface area (Å²) in [6.45, 7) is 5.45. The molecule has 2 amide bonds. The number of benzene rings is 1. The van der Waals surface area contributed by atoms with Gasteiger partial charge in [0.1, 0.15) is 11.5 Å². The van der Waals surface area contributed by atoms with Crippen molar-refractivity contribution in [1.82, 2.24) is 10.9 Å². The molecule has 2 aromatic rings. The van der Waals surface area contributed by atoms with Crippen molar-refractivity contribution in [2.24, 2.45) is 0 Å². The minimum atomic E-state index is -0.815. The van der Waals surface area contributed by atoms with E-state index in [1.54, 1.807) is 37.3 Å². The fraction of sp³-hybridized carbons (Fsp3) is 0.278. The van der Waals surface area contributed by atoms with Gasteiger partial charge in [-0.2, -0.15) is 0 Å². The van der Waals surface area contributed by atoms with Gasteiger partial charge >= 0.3 is 0 Å². The van der Waals surface area contributed by atoms with Gasteiger partial charge in [-0.15, -0.1) is 11.3 Å². The van der Waals surface area contributed by atoms with Crippen molar-refractivity contribution < 1.29 is 23.9 Å². The predicted molar refractivity (Wildman–Crippen MR) is 97.6 cm³/mol. The summed E-state index contributed by atoms with van der Waals surface area (Å²) < 4.78 is 10.9. The molecule has 0 radical (unpaired) electrons. The van der Waals surface area contributed by atoms with Gasteiger partial charge in [-0.25, -0.2) is 0 Å². The SMILES string of the molecule is CCOc1ccc(O[C@@H](C)C(=O)NNC(=O)c2ccc(C(C)=O)s2)cc1. The van der Waals surface area contributed by atoms with E-state index in [1.165, 1.54) is 13.0 Å². The fourth-order valence-electron chi connectivity index (χ4n) is 1.97. The Morgan fingerprint density at radius 1 is 1.00 bits per heavy atom. The number of ketones is 1. The Kier molecular flexibility index (Phi) is 6.74. The Labute approximate surface area is 155 Å². The summed E-state index contributed by atoms with van der Waals surface area (Å²) >= 11 is 1.06. The Hall–Kier alpha value is -2.87. The number of nitrogens with one attached hydrogen (secondary N) is 2. The molecule has 0 spiro atoms. The predicted octanol–water partition coefficient (Wildman–Crippen LogP) is 2.58. The summed E-state index contributed by atoms with van der Waals surface area (Å²) in [6, 6.07) is 9.98. The lowest BCUT2D eigenvalue weighted by Crippen LogP contribution is -2.47. The van der Waals surface area contributed by atoms with E-state index in [4.69, 9.17) is 9.47 Å². The van der Waals surface area contributed by atoms with Crippen LogP contribution < -0.4 is 20.3 Å². The molecular weight excluding hydrogens is 356 g/mol. The monoisotopic (exact) mass is 376 g/mol. The van der Waals surface area contributed by atoms with Crippen LogP contribution in [0.15, 0.2) is 36.4 Å². The molecule has 0 unspecified atom stereocenters. The number of carbonyl (C=O) groups excluding carboxylic acids is 3. The molecule has 7 nitrogen and oxygen atoms in total. The van der Waals surface area contributed by atoms with Gasteiger partial charge in [0.2, 0.25) is 0 Å². The van der Waals surface area contributed by atoms with E-state index in [0.717, 1.165) is 11.3 Å². The van der Waals surface area contributed by atoms with Gasteiger partial charge in [-0.3, -0.25) is 25.2 Å². The standard InChI is InChI=1S/C18H20N2O5S/c1-4-24-13-5-7-14(8-6-13)25-12(3)17(22)19-20-18(23)16-10-9-15(26-16)11(2)21/h5-10,12H,4H2,1-3H3,(H,19,22)(H,20,23)/t12-/m0/s1. The molecule has 0 bridgehead atoms. The first-order valence-electron chi connectivity index (χ1n) is 8.01. The molecule has 0 aliphatic carbocycles. The van der Waals surface area contributed by atoms with Crippen LogP contribution in [-0.2, 0) is 4.79 Å². The largest absolute Gasteiger partial charge is 0.494 e. The summed E-state index contributed by atoms with van der Waals surface area (Å²) in [5.41, 5.74) is 4.61. The second-order valence-corrected chi connectivity index (χ2v) is 6.41. The van der Waals surface area contributed by atoms with Crippen molar-refractivity contribution in [3.05, 3.63) is 46.2 Å². The zero-order valence-electron chi connectivity index (χ0n) is 14.7. The lowest BCUT2D eigenvalue weighted by atomic mass is 10.3. The van der Waals surface area contributed by atoms with Gasteiger partial charge < -0.3 is 9.47 Å². The van der Waals surface area contributed by atoms with Crippen LogP contribution >= 0.6 is 11.3 Å². The minimum absolute atomic E-state index is 0.115. The highest BCUT2D eigenvalue weighted by atomic mass is 32.1. The Morgan fingerprint density at radius 2 is 1.62 bits per heavy atom. The topological polar surface area (TPSA) is 93.7 Å². The number of thiophene rings is 1. The average Bonchev–Trinajstić information content (AvgIpc) is 3.11. The van der Waals surface area contributed by atoms with Crippen molar-refractivity contribution in [3.8, 4) is 11.5 Å². The summed E-state index contributed by atoms with van der Waals surface area (Å²) in [5.74, 6) is 0.104. The highest BCUT2D eigenvalue weighted by Crippen LogP contribution is 2.19. The zero-order chi connectivity index (χ0) is 19.1. The summed E-state index contributed by atoms with van der Waals surface area (Å²) in [4.78, 5) is 36.1. The van der Waals surface area contributed by atoms with Crippen LogP contribution in [0.25, 0.3) is 0 Å². The third kappa shape index (κ3) is 5.32. The molecule has 1 aromatic heterocycles. The molecule has 2 N–H and O–H groups in total. The second-order valence-electron chi connectivity index (χ2n) is 5.33. The highest BCUT2D eigenvalue weighted by Gasteiger charge is 2.17. The Balaban J connectivity index is 1.84. The van der Waals surface area contributed by atoms with Crippen LogP contribution in [0.3, 0.4) is 0 Å². The Morgan fingerprint density at radius 3 is 2.19 bits per heavy atom. The Bertz CT molecular complexity index is 785. The molecule has 0 saturated heterocycles. The lowest BCUT2D eigenvalue weighted by molar-refractivity contribution is -0.128. The molecule has 0 fully saturated rings. The van der Waals surface area contributed by atoms with Crippen molar-refractivity contribution in [1.29, 1.82) is 0 Å². The van der Waals surface area contributed by atoms with Crippen LogP contribution in [0.5, 0.6) is 11.5 Å². The first-order chi connectivity index (χ1) is 12.4. The first kappa shape index (κ1) is 19.5. The van der Waals surface area contributed by atoms with Crippen LogP contribution in [0.2, 0.25) is 0 Å².